The predicted molar refractivity (Wildman–Crippen MR) is 88.3 cm³/mol. The summed E-state index contributed by atoms with van der Waals surface area (Å²) in [6, 6.07) is 9.13. The van der Waals surface area contributed by atoms with Crippen molar-refractivity contribution in [2.24, 2.45) is 5.10 Å². The second-order valence-corrected chi connectivity index (χ2v) is 5.36. The first kappa shape index (κ1) is 17.4. The molecule has 0 aliphatic rings. The molecule has 0 atom stereocenters. The molecular weight excluding hydrogens is 382 g/mol. The Kier molecular flexibility index (Phi) is 5.48. The highest BCUT2D eigenvalue weighted by molar-refractivity contribution is 9.10. The summed E-state index contributed by atoms with van der Waals surface area (Å²) in [5, 5.41) is 26.3. The number of nitro groups is 1. The van der Waals surface area contributed by atoms with E-state index in [2.05, 4.69) is 26.5 Å². The van der Waals surface area contributed by atoms with Crippen LogP contribution in [0.1, 0.15) is 15.9 Å². The van der Waals surface area contributed by atoms with Crippen molar-refractivity contribution in [3.8, 4) is 11.5 Å². The summed E-state index contributed by atoms with van der Waals surface area (Å²) in [5.41, 5.74) is 2.29. The molecule has 0 unspecified atom stereocenters. The third-order valence-electron chi connectivity index (χ3n) is 2.97. The fourth-order valence-corrected chi connectivity index (χ4v) is 2.31. The lowest BCUT2D eigenvalue weighted by Gasteiger charge is -2.12. The SMILES string of the molecule is COc1cc(/C=N\NC(=O)c2ccccc2Br)cc([N+](=O)[O-])c1[O-]. The lowest BCUT2D eigenvalue weighted by atomic mass is 10.2. The van der Waals surface area contributed by atoms with E-state index in [1.54, 1.807) is 24.3 Å². The normalized spacial score (nSPS) is 10.6. The van der Waals surface area contributed by atoms with Crippen molar-refractivity contribution in [1.29, 1.82) is 0 Å². The van der Waals surface area contributed by atoms with Crippen molar-refractivity contribution in [3.63, 3.8) is 0 Å². The number of nitrogens with one attached hydrogen (secondary N) is 1. The molecular formula is C15H11BrN3O5-. The molecule has 9 heteroatoms. The number of ether oxygens (including phenoxy) is 1. The maximum atomic E-state index is 12.0. The molecule has 24 heavy (non-hydrogen) atoms. The summed E-state index contributed by atoms with van der Waals surface area (Å²) in [6.45, 7) is 0. The van der Waals surface area contributed by atoms with E-state index in [-0.39, 0.29) is 11.3 Å². The van der Waals surface area contributed by atoms with E-state index in [0.717, 1.165) is 6.07 Å². The molecule has 0 radical (unpaired) electrons. The van der Waals surface area contributed by atoms with Crippen molar-refractivity contribution < 1.29 is 19.6 Å². The van der Waals surface area contributed by atoms with E-state index in [0.29, 0.717) is 10.0 Å². The van der Waals surface area contributed by atoms with Gasteiger partial charge in [-0.15, -0.1) is 0 Å². The highest BCUT2D eigenvalue weighted by Gasteiger charge is 2.13. The van der Waals surface area contributed by atoms with Gasteiger partial charge in [0.1, 0.15) is 5.75 Å². The van der Waals surface area contributed by atoms with Gasteiger partial charge in [0.05, 0.1) is 23.8 Å². The Labute approximate surface area is 145 Å². The lowest BCUT2D eigenvalue weighted by Crippen LogP contribution is -2.18. The first-order valence-corrected chi connectivity index (χ1v) is 7.34. The van der Waals surface area contributed by atoms with Crippen LogP contribution >= 0.6 is 15.9 Å². The topological polar surface area (TPSA) is 117 Å². The van der Waals surface area contributed by atoms with Gasteiger partial charge in [0, 0.05) is 21.9 Å². The Morgan fingerprint density at radius 3 is 2.71 bits per heavy atom. The van der Waals surface area contributed by atoms with Gasteiger partial charge in [-0.2, -0.15) is 5.10 Å². The molecule has 0 aliphatic carbocycles. The zero-order chi connectivity index (χ0) is 17.7. The number of halogens is 1. The smallest absolute Gasteiger partial charge is 0.272 e. The fraction of sp³-hybridized carbons (Fsp3) is 0.0667. The van der Waals surface area contributed by atoms with Gasteiger partial charge in [0.25, 0.3) is 11.6 Å². The first-order valence-electron chi connectivity index (χ1n) is 6.55. The van der Waals surface area contributed by atoms with Crippen LogP contribution in [0.25, 0.3) is 0 Å². The maximum Gasteiger partial charge on any atom is 0.272 e. The van der Waals surface area contributed by atoms with Crippen LogP contribution in [0.15, 0.2) is 46.0 Å². The summed E-state index contributed by atoms with van der Waals surface area (Å²) in [4.78, 5) is 22.0. The zero-order valence-corrected chi connectivity index (χ0v) is 13.9. The van der Waals surface area contributed by atoms with E-state index in [1.165, 1.54) is 19.4 Å². The van der Waals surface area contributed by atoms with Crippen LogP contribution in [-0.2, 0) is 0 Å². The van der Waals surface area contributed by atoms with Crippen LogP contribution < -0.4 is 15.3 Å². The molecule has 0 heterocycles. The average Bonchev–Trinajstić information content (AvgIpc) is 2.56. The standard InChI is InChI=1S/C15H12BrN3O5/c1-24-13-7-9(6-12(14(13)20)19(22)23)8-17-18-15(21)10-4-2-3-5-11(10)16/h2-8,20H,1H3,(H,18,21)/p-1/b17-8-. The number of amides is 1. The van der Waals surface area contributed by atoms with Crippen LogP contribution in [0.2, 0.25) is 0 Å². The monoisotopic (exact) mass is 392 g/mol. The van der Waals surface area contributed by atoms with Gasteiger partial charge in [-0.1, -0.05) is 12.1 Å². The first-order chi connectivity index (χ1) is 11.4. The predicted octanol–water partition coefficient (Wildman–Crippen LogP) is 2.20. The molecule has 1 N–H and O–H groups in total. The van der Waals surface area contributed by atoms with Crippen molar-refractivity contribution in [2.45, 2.75) is 0 Å². The van der Waals surface area contributed by atoms with Gasteiger partial charge in [0.15, 0.2) is 0 Å². The quantitative estimate of drug-likeness (QED) is 0.475. The van der Waals surface area contributed by atoms with Gasteiger partial charge < -0.3 is 9.84 Å². The minimum atomic E-state index is -0.822. The fourth-order valence-electron chi connectivity index (χ4n) is 1.84. The third kappa shape index (κ3) is 3.87. The Balaban J connectivity index is 2.20. The van der Waals surface area contributed by atoms with E-state index in [1.807, 2.05) is 0 Å². The summed E-state index contributed by atoms with van der Waals surface area (Å²) in [7, 11) is 1.23. The van der Waals surface area contributed by atoms with E-state index in [9.17, 15) is 20.0 Å². The molecule has 0 spiro atoms. The van der Waals surface area contributed by atoms with Gasteiger partial charge >= 0.3 is 0 Å². The number of hydrogen-bond donors (Lipinski definition) is 1. The molecule has 0 aromatic heterocycles. The molecule has 0 saturated heterocycles. The minimum Gasteiger partial charge on any atom is -0.865 e. The van der Waals surface area contributed by atoms with Gasteiger partial charge in [-0.3, -0.25) is 14.9 Å². The van der Waals surface area contributed by atoms with Crippen LogP contribution in [0.4, 0.5) is 5.69 Å². The van der Waals surface area contributed by atoms with E-state index >= 15 is 0 Å². The highest BCUT2D eigenvalue weighted by Crippen LogP contribution is 2.33. The molecule has 124 valence electrons. The largest absolute Gasteiger partial charge is 0.865 e. The van der Waals surface area contributed by atoms with Crippen molar-refractivity contribution in [3.05, 3.63) is 62.1 Å². The minimum absolute atomic E-state index is 0.178. The number of hydrogen-bond acceptors (Lipinski definition) is 6. The summed E-state index contributed by atoms with van der Waals surface area (Å²) in [5.74, 6) is -1.46. The molecule has 2 rings (SSSR count). The molecule has 0 saturated carbocycles. The van der Waals surface area contributed by atoms with Crippen LogP contribution in [0.5, 0.6) is 11.5 Å². The second kappa shape index (κ2) is 7.55. The number of carbonyl (C=O) groups is 1. The summed E-state index contributed by atoms with van der Waals surface area (Å²) >= 11 is 3.25. The lowest BCUT2D eigenvalue weighted by molar-refractivity contribution is -0.398. The van der Waals surface area contributed by atoms with E-state index in [4.69, 9.17) is 4.74 Å². The number of benzene rings is 2. The number of nitrogens with zero attached hydrogens (tertiary/aromatic N) is 2. The van der Waals surface area contributed by atoms with Crippen LogP contribution in [-0.4, -0.2) is 24.2 Å². The van der Waals surface area contributed by atoms with Gasteiger partial charge in [0.2, 0.25) is 0 Å². The highest BCUT2D eigenvalue weighted by atomic mass is 79.9. The molecule has 2 aromatic rings. The molecule has 0 fully saturated rings. The van der Waals surface area contributed by atoms with Gasteiger partial charge in [-0.05, 0) is 34.1 Å². The molecule has 2 aromatic carbocycles. The Bertz CT molecular complexity index is 823. The molecule has 0 aliphatic heterocycles. The Morgan fingerprint density at radius 1 is 1.38 bits per heavy atom. The van der Waals surface area contributed by atoms with Crippen LogP contribution in [0.3, 0.4) is 0 Å². The number of rotatable bonds is 5. The Hall–Kier alpha value is -2.94. The second-order valence-electron chi connectivity index (χ2n) is 4.51. The third-order valence-corrected chi connectivity index (χ3v) is 3.66. The number of nitro benzene ring substituents is 1. The summed E-state index contributed by atoms with van der Waals surface area (Å²) in [6.07, 6.45) is 1.18. The molecule has 0 bridgehead atoms. The number of carbonyl (C=O) groups excluding carboxylic acids is 1. The molecule has 8 nitrogen and oxygen atoms in total. The average molecular weight is 393 g/mol. The molecule has 1 amide bonds. The van der Waals surface area contributed by atoms with Crippen molar-refractivity contribution in [2.75, 3.05) is 7.11 Å². The van der Waals surface area contributed by atoms with E-state index < -0.39 is 22.3 Å². The Morgan fingerprint density at radius 2 is 2.08 bits per heavy atom. The zero-order valence-electron chi connectivity index (χ0n) is 12.4. The van der Waals surface area contributed by atoms with Gasteiger partial charge in [-0.25, -0.2) is 5.43 Å². The van der Waals surface area contributed by atoms with Crippen LogP contribution in [0, 0.1) is 10.1 Å². The van der Waals surface area contributed by atoms with Crippen molar-refractivity contribution >= 4 is 33.7 Å². The number of hydrazone groups is 1. The maximum absolute atomic E-state index is 12.0. The number of methoxy groups -OCH3 is 1. The summed E-state index contributed by atoms with van der Waals surface area (Å²) < 4.78 is 5.42. The van der Waals surface area contributed by atoms with Crippen molar-refractivity contribution in [1.82, 2.24) is 5.43 Å².